The summed E-state index contributed by atoms with van der Waals surface area (Å²) in [6.07, 6.45) is 0. The fourth-order valence-corrected chi connectivity index (χ4v) is 2.65. The number of hydrogen-bond donors (Lipinski definition) is 1. The maximum Gasteiger partial charge on any atom is 0.133 e. The Morgan fingerprint density at radius 1 is 1.26 bits per heavy atom. The third-order valence-corrected chi connectivity index (χ3v) is 3.82. The number of halogens is 2. The van der Waals surface area contributed by atoms with Gasteiger partial charge in [-0.3, -0.25) is 0 Å². The monoisotopic (exact) mass is 339 g/mol. The molecule has 2 nitrogen and oxygen atoms in total. The molecule has 0 fully saturated rings. The first-order chi connectivity index (χ1) is 9.13. The van der Waals surface area contributed by atoms with E-state index in [4.69, 9.17) is 22.1 Å². The molecule has 2 N–H and O–H groups in total. The quantitative estimate of drug-likeness (QED) is 0.886. The van der Waals surface area contributed by atoms with E-state index in [1.165, 1.54) is 0 Å². The number of ether oxygens (including phenoxy) is 1. The summed E-state index contributed by atoms with van der Waals surface area (Å²) in [7, 11) is 0. The van der Waals surface area contributed by atoms with E-state index in [9.17, 15) is 0 Å². The molecule has 1 atom stereocenters. The molecule has 0 radical (unpaired) electrons. The zero-order valence-electron chi connectivity index (χ0n) is 10.6. The summed E-state index contributed by atoms with van der Waals surface area (Å²) in [6.45, 7) is 2.59. The number of hydrogen-bond acceptors (Lipinski definition) is 2. The second-order valence-corrected chi connectivity index (χ2v) is 5.38. The van der Waals surface area contributed by atoms with Gasteiger partial charge in [0, 0.05) is 5.02 Å². The van der Waals surface area contributed by atoms with E-state index in [2.05, 4.69) is 15.9 Å². The minimum atomic E-state index is -0.249. The first-order valence-electron chi connectivity index (χ1n) is 6.05. The fourth-order valence-electron chi connectivity index (χ4n) is 1.89. The van der Waals surface area contributed by atoms with Gasteiger partial charge in [0.25, 0.3) is 0 Å². The van der Waals surface area contributed by atoms with Gasteiger partial charge < -0.3 is 10.5 Å². The maximum absolute atomic E-state index is 6.26. The molecule has 0 spiro atoms. The summed E-state index contributed by atoms with van der Waals surface area (Å²) in [5, 5.41) is 0.681. The first-order valence-corrected chi connectivity index (χ1v) is 7.22. The van der Waals surface area contributed by atoms with Crippen LogP contribution in [0.1, 0.15) is 24.1 Å². The van der Waals surface area contributed by atoms with Gasteiger partial charge in [0.15, 0.2) is 0 Å². The van der Waals surface area contributed by atoms with Gasteiger partial charge in [-0.25, -0.2) is 0 Å². The Bertz CT molecular complexity index is 574. The lowest BCUT2D eigenvalue weighted by Crippen LogP contribution is -2.12. The van der Waals surface area contributed by atoms with Crippen LogP contribution in [0, 0.1) is 0 Å². The van der Waals surface area contributed by atoms with Gasteiger partial charge in [0.05, 0.1) is 17.1 Å². The summed E-state index contributed by atoms with van der Waals surface area (Å²) in [5.74, 6) is 0.817. The van der Waals surface area contributed by atoms with Crippen LogP contribution in [0.2, 0.25) is 5.02 Å². The van der Waals surface area contributed by atoms with Crippen LogP contribution in [0.25, 0.3) is 0 Å². The van der Waals surface area contributed by atoms with Crippen molar-refractivity contribution < 1.29 is 4.74 Å². The normalized spacial score (nSPS) is 12.2. The summed E-state index contributed by atoms with van der Waals surface area (Å²) in [4.78, 5) is 0. The number of benzene rings is 2. The van der Waals surface area contributed by atoms with E-state index in [0.717, 1.165) is 21.3 Å². The van der Waals surface area contributed by atoms with Gasteiger partial charge in [0.2, 0.25) is 0 Å². The highest BCUT2D eigenvalue weighted by Gasteiger charge is 2.13. The van der Waals surface area contributed by atoms with Crippen molar-refractivity contribution in [2.24, 2.45) is 5.73 Å². The Hall–Kier alpha value is -1.03. The van der Waals surface area contributed by atoms with Gasteiger partial charge in [-0.1, -0.05) is 35.9 Å². The lowest BCUT2D eigenvalue weighted by molar-refractivity contribution is 0.338. The van der Waals surface area contributed by atoms with Gasteiger partial charge in [-0.05, 0) is 52.2 Å². The second kappa shape index (κ2) is 6.42. The van der Waals surface area contributed by atoms with Crippen LogP contribution in [0.5, 0.6) is 5.75 Å². The number of rotatable bonds is 4. The van der Waals surface area contributed by atoms with E-state index in [1.807, 2.05) is 49.4 Å². The summed E-state index contributed by atoms with van der Waals surface area (Å²) in [5.41, 5.74) is 8.17. The summed E-state index contributed by atoms with van der Waals surface area (Å²) < 4.78 is 6.38. The van der Waals surface area contributed by atoms with Crippen molar-refractivity contribution in [3.8, 4) is 5.75 Å². The van der Waals surface area contributed by atoms with E-state index < -0.39 is 0 Å². The van der Waals surface area contributed by atoms with Crippen LogP contribution >= 0.6 is 27.5 Å². The number of nitrogens with two attached hydrogens (primary N) is 1. The fraction of sp³-hybridized carbons (Fsp3) is 0.200. The van der Waals surface area contributed by atoms with Crippen molar-refractivity contribution >= 4 is 27.5 Å². The average Bonchev–Trinajstić information content (AvgIpc) is 2.41. The Morgan fingerprint density at radius 3 is 2.63 bits per heavy atom. The van der Waals surface area contributed by atoms with Crippen molar-refractivity contribution in [3.05, 3.63) is 63.1 Å². The predicted molar refractivity (Wildman–Crippen MR) is 82.8 cm³/mol. The standard InChI is InChI=1S/C15H15BrClNO/c1-2-19-14-8-7-10(9-12(14)16)15(18)11-5-3-4-6-13(11)17/h3-9,15H,2,18H2,1H3. The van der Waals surface area contributed by atoms with E-state index in [-0.39, 0.29) is 6.04 Å². The van der Waals surface area contributed by atoms with Gasteiger partial charge in [-0.2, -0.15) is 0 Å². The highest BCUT2D eigenvalue weighted by Crippen LogP contribution is 2.31. The molecule has 0 saturated heterocycles. The minimum Gasteiger partial charge on any atom is -0.493 e. The third-order valence-electron chi connectivity index (χ3n) is 2.86. The van der Waals surface area contributed by atoms with Crippen molar-refractivity contribution in [1.29, 1.82) is 0 Å². The summed E-state index contributed by atoms with van der Waals surface area (Å²) >= 11 is 9.67. The molecule has 2 rings (SSSR count). The zero-order chi connectivity index (χ0) is 13.8. The van der Waals surface area contributed by atoms with Crippen molar-refractivity contribution in [2.75, 3.05) is 6.61 Å². The average molecular weight is 341 g/mol. The van der Waals surface area contributed by atoms with Crippen LogP contribution in [0.4, 0.5) is 0 Å². The Labute approximate surface area is 126 Å². The highest BCUT2D eigenvalue weighted by molar-refractivity contribution is 9.10. The molecular weight excluding hydrogens is 326 g/mol. The van der Waals surface area contributed by atoms with Gasteiger partial charge in [0.1, 0.15) is 5.75 Å². The SMILES string of the molecule is CCOc1ccc(C(N)c2ccccc2Cl)cc1Br. The molecule has 0 aliphatic heterocycles. The molecule has 100 valence electrons. The lowest BCUT2D eigenvalue weighted by atomic mass is 9.99. The molecule has 2 aromatic rings. The van der Waals surface area contributed by atoms with Gasteiger partial charge in [-0.15, -0.1) is 0 Å². The Kier molecular flexibility index (Phi) is 4.86. The molecule has 0 amide bonds. The van der Waals surface area contributed by atoms with Crippen LogP contribution in [0.15, 0.2) is 46.9 Å². The third kappa shape index (κ3) is 3.30. The molecule has 0 aliphatic rings. The summed E-state index contributed by atoms with van der Waals surface area (Å²) in [6, 6.07) is 13.2. The second-order valence-electron chi connectivity index (χ2n) is 4.12. The molecule has 2 aromatic carbocycles. The molecule has 0 aliphatic carbocycles. The molecule has 0 heterocycles. The van der Waals surface area contributed by atoms with Gasteiger partial charge >= 0.3 is 0 Å². The predicted octanol–water partition coefficient (Wildman–Crippen LogP) is 4.55. The highest BCUT2D eigenvalue weighted by atomic mass is 79.9. The van der Waals surface area contributed by atoms with E-state index >= 15 is 0 Å². The van der Waals surface area contributed by atoms with Crippen LogP contribution in [0.3, 0.4) is 0 Å². The molecule has 0 aromatic heterocycles. The van der Waals surface area contributed by atoms with E-state index in [1.54, 1.807) is 0 Å². The Balaban J connectivity index is 2.32. The van der Waals surface area contributed by atoms with Crippen LogP contribution in [-0.2, 0) is 0 Å². The molecule has 0 bridgehead atoms. The van der Waals surface area contributed by atoms with Crippen molar-refractivity contribution in [2.45, 2.75) is 13.0 Å². The molecule has 0 saturated carbocycles. The maximum atomic E-state index is 6.26. The Morgan fingerprint density at radius 2 is 2.00 bits per heavy atom. The molecule has 19 heavy (non-hydrogen) atoms. The lowest BCUT2D eigenvalue weighted by Gasteiger charge is -2.15. The smallest absolute Gasteiger partial charge is 0.133 e. The molecule has 1 unspecified atom stereocenters. The van der Waals surface area contributed by atoms with Crippen molar-refractivity contribution in [3.63, 3.8) is 0 Å². The first kappa shape index (κ1) is 14.4. The van der Waals surface area contributed by atoms with E-state index in [0.29, 0.717) is 11.6 Å². The zero-order valence-corrected chi connectivity index (χ0v) is 12.9. The largest absolute Gasteiger partial charge is 0.493 e. The van der Waals surface area contributed by atoms with Crippen LogP contribution < -0.4 is 10.5 Å². The minimum absolute atomic E-state index is 0.249. The van der Waals surface area contributed by atoms with Crippen molar-refractivity contribution in [1.82, 2.24) is 0 Å². The topological polar surface area (TPSA) is 35.2 Å². The molecule has 4 heteroatoms. The van der Waals surface area contributed by atoms with Crippen LogP contribution in [-0.4, -0.2) is 6.61 Å². The molecular formula is C15H15BrClNO.